The molecule has 21 heavy (non-hydrogen) atoms. The first-order valence-corrected chi connectivity index (χ1v) is 7.90. The van der Waals surface area contributed by atoms with Crippen LogP contribution in [0.1, 0.15) is 25.3 Å². The van der Waals surface area contributed by atoms with Crippen LogP contribution in [-0.2, 0) is 11.2 Å². The molecule has 3 rings (SSSR count). The van der Waals surface area contributed by atoms with Crippen molar-refractivity contribution in [3.63, 3.8) is 0 Å². The minimum Gasteiger partial charge on any atom is -0.376 e. The average Bonchev–Trinajstić information content (AvgIpc) is 2.51. The van der Waals surface area contributed by atoms with Gasteiger partial charge >= 0.3 is 0 Å². The molecule has 1 aliphatic rings. The zero-order chi connectivity index (χ0) is 14.5. The molecule has 0 bridgehead atoms. The van der Waals surface area contributed by atoms with E-state index in [4.69, 9.17) is 4.74 Å². The van der Waals surface area contributed by atoms with Crippen molar-refractivity contribution in [2.75, 3.05) is 18.1 Å². The number of rotatable bonds is 3. The van der Waals surface area contributed by atoms with Crippen molar-refractivity contribution in [2.45, 2.75) is 32.3 Å². The van der Waals surface area contributed by atoms with Crippen LogP contribution in [0.15, 0.2) is 54.6 Å². The summed E-state index contributed by atoms with van der Waals surface area (Å²) in [6, 6.07) is 19.3. The van der Waals surface area contributed by atoms with E-state index in [0.717, 1.165) is 26.0 Å². The van der Waals surface area contributed by atoms with Crippen molar-refractivity contribution in [1.29, 1.82) is 0 Å². The number of anilines is 2. The van der Waals surface area contributed by atoms with Crippen LogP contribution in [0, 0.1) is 0 Å². The van der Waals surface area contributed by atoms with Crippen LogP contribution in [-0.4, -0.2) is 19.3 Å². The van der Waals surface area contributed by atoms with Crippen LogP contribution in [0.3, 0.4) is 0 Å². The summed E-state index contributed by atoms with van der Waals surface area (Å²) in [6.07, 6.45) is 3.68. The van der Waals surface area contributed by atoms with Crippen LogP contribution in [0.25, 0.3) is 0 Å². The lowest BCUT2D eigenvalue weighted by atomic mass is 10.0. The lowest BCUT2D eigenvalue weighted by Gasteiger charge is -2.32. The smallest absolute Gasteiger partial charge is 0.0649 e. The molecule has 1 atom stereocenters. The van der Waals surface area contributed by atoms with Gasteiger partial charge < -0.3 is 9.64 Å². The zero-order valence-electron chi connectivity index (χ0n) is 12.7. The van der Waals surface area contributed by atoms with Crippen LogP contribution in [0.4, 0.5) is 11.4 Å². The first kappa shape index (κ1) is 14.2. The fourth-order valence-electron chi connectivity index (χ4n) is 3.07. The van der Waals surface area contributed by atoms with Crippen molar-refractivity contribution in [1.82, 2.24) is 0 Å². The Balaban J connectivity index is 1.95. The molecule has 1 unspecified atom stereocenters. The van der Waals surface area contributed by atoms with Gasteiger partial charge in [0.25, 0.3) is 0 Å². The van der Waals surface area contributed by atoms with Gasteiger partial charge in [0.2, 0.25) is 0 Å². The quantitative estimate of drug-likeness (QED) is 0.817. The molecule has 0 N–H and O–H groups in total. The third-order valence-electron chi connectivity index (χ3n) is 4.08. The van der Waals surface area contributed by atoms with E-state index in [2.05, 4.69) is 66.4 Å². The van der Waals surface area contributed by atoms with Gasteiger partial charge in [-0.3, -0.25) is 0 Å². The van der Waals surface area contributed by atoms with Gasteiger partial charge in [-0.25, -0.2) is 0 Å². The van der Waals surface area contributed by atoms with Gasteiger partial charge in [0.1, 0.15) is 0 Å². The molecular formula is C19H23NO. The Hall–Kier alpha value is -1.80. The van der Waals surface area contributed by atoms with Gasteiger partial charge in [0.05, 0.1) is 12.7 Å². The normalized spacial score (nSPS) is 18.7. The molecule has 0 aromatic heterocycles. The lowest BCUT2D eigenvalue weighted by molar-refractivity contribution is 0.0508. The second kappa shape index (κ2) is 6.77. The minimum atomic E-state index is 0.356. The molecule has 2 aromatic carbocycles. The van der Waals surface area contributed by atoms with E-state index >= 15 is 0 Å². The van der Waals surface area contributed by atoms with Crippen molar-refractivity contribution >= 4 is 11.4 Å². The largest absolute Gasteiger partial charge is 0.376 e. The predicted octanol–water partition coefficient (Wildman–Crippen LogP) is 4.57. The predicted molar refractivity (Wildman–Crippen MR) is 88.2 cm³/mol. The van der Waals surface area contributed by atoms with Crippen LogP contribution in [0.2, 0.25) is 0 Å². The maximum absolute atomic E-state index is 6.09. The number of ether oxygens (including phenoxy) is 1. The molecule has 2 aromatic rings. The second-order valence-electron chi connectivity index (χ2n) is 5.60. The van der Waals surface area contributed by atoms with E-state index < -0.39 is 0 Å². The molecule has 0 amide bonds. The molecule has 2 nitrogen and oxygen atoms in total. The summed E-state index contributed by atoms with van der Waals surface area (Å²) >= 11 is 0. The van der Waals surface area contributed by atoms with Gasteiger partial charge in [-0.2, -0.15) is 0 Å². The Morgan fingerprint density at radius 3 is 2.62 bits per heavy atom. The molecule has 0 fully saturated rings. The van der Waals surface area contributed by atoms with Gasteiger partial charge in [0.15, 0.2) is 0 Å². The topological polar surface area (TPSA) is 12.5 Å². The average molecular weight is 281 g/mol. The summed E-state index contributed by atoms with van der Waals surface area (Å²) in [6.45, 7) is 3.92. The Kier molecular flexibility index (Phi) is 4.56. The highest BCUT2D eigenvalue weighted by molar-refractivity contribution is 5.66. The molecule has 1 aliphatic heterocycles. The number of hydrogen-bond donors (Lipinski definition) is 0. The van der Waals surface area contributed by atoms with Gasteiger partial charge in [-0.15, -0.1) is 0 Å². The van der Waals surface area contributed by atoms with Crippen LogP contribution < -0.4 is 4.90 Å². The van der Waals surface area contributed by atoms with Crippen molar-refractivity contribution in [3.8, 4) is 0 Å². The SMILES string of the molecule is CCCC1Cc2ccccc2N(c2ccccc2)CCO1. The number of nitrogens with zero attached hydrogens (tertiary/aromatic N) is 1. The zero-order valence-corrected chi connectivity index (χ0v) is 12.7. The Labute approximate surface area is 127 Å². The summed E-state index contributed by atoms with van der Waals surface area (Å²) in [5.41, 5.74) is 3.95. The number of hydrogen-bond acceptors (Lipinski definition) is 2. The first-order valence-electron chi connectivity index (χ1n) is 7.90. The van der Waals surface area contributed by atoms with E-state index in [9.17, 15) is 0 Å². The summed E-state index contributed by atoms with van der Waals surface area (Å²) in [5.74, 6) is 0. The number of benzene rings is 2. The van der Waals surface area contributed by atoms with E-state index in [-0.39, 0.29) is 0 Å². The third kappa shape index (κ3) is 3.27. The van der Waals surface area contributed by atoms with E-state index in [1.54, 1.807) is 0 Å². The highest BCUT2D eigenvalue weighted by atomic mass is 16.5. The first-order chi connectivity index (χ1) is 10.4. The second-order valence-corrected chi connectivity index (χ2v) is 5.60. The fourth-order valence-corrected chi connectivity index (χ4v) is 3.07. The van der Waals surface area contributed by atoms with Crippen molar-refractivity contribution < 1.29 is 4.74 Å². The highest BCUT2D eigenvalue weighted by Crippen LogP contribution is 2.31. The van der Waals surface area contributed by atoms with Crippen molar-refractivity contribution in [3.05, 3.63) is 60.2 Å². The van der Waals surface area contributed by atoms with Gasteiger partial charge in [0, 0.05) is 24.3 Å². The van der Waals surface area contributed by atoms with E-state index in [1.807, 2.05) is 0 Å². The minimum absolute atomic E-state index is 0.356. The molecule has 0 saturated heterocycles. The molecule has 0 saturated carbocycles. The number of fused-ring (bicyclic) bond motifs is 1. The van der Waals surface area contributed by atoms with E-state index in [0.29, 0.717) is 6.10 Å². The third-order valence-corrected chi connectivity index (χ3v) is 4.08. The highest BCUT2D eigenvalue weighted by Gasteiger charge is 2.20. The lowest BCUT2D eigenvalue weighted by Crippen LogP contribution is -2.30. The molecule has 110 valence electrons. The van der Waals surface area contributed by atoms with Gasteiger partial charge in [-0.1, -0.05) is 49.7 Å². The number of para-hydroxylation sites is 2. The maximum atomic E-state index is 6.09. The monoisotopic (exact) mass is 281 g/mol. The van der Waals surface area contributed by atoms with Gasteiger partial charge in [-0.05, 0) is 30.2 Å². The fraction of sp³-hybridized carbons (Fsp3) is 0.368. The summed E-state index contributed by atoms with van der Waals surface area (Å²) in [4.78, 5) is 2.37. The molecule has 0 spiro atoms. The molecular weight excluding hydrogens is 258 g/mol. The standard InChI is InChI=1S/C19H23NO/c1-2-8-18-15-16-9-6-7-12-19(16)20(13-14-21-18)17-10-4-3-5-11-17/h3-7,9-12,18H,2,8,13-15H2,1H3. The van der Waals surface area contributed by atoms with Crippen LogP contribution >= 0.6 is 0 Å². The summed E-state index contributed by atoms with van der Waals surface area (Å²) in [7, 11) is 0. The molecule has 2 heteroatoms. The Morgan fingerprint density at radius 1 is 1.05 bits per heavy atom. The van der Waals surface area contributed by atoms with E-state index in [1.165, 1.54) is 23.4 Å². The summed E-state index contributed by atoms with van der Waals surface area (Å²) < 4.78 is 6.09. The molecule has 0 aliphatic carbocycles. The maximum Gasteiger partial charge on any atom is 0.0649 e. The van der Waals surface area contributed by atoms with Crippen LogP contribution in [0.5, 0.6) is 0 Å². The summed E-state index contributed by atoms with van der Waals surface area (Å²) in [5, 5.41) is 0. The Morgan fingerprint density at radius 2 is 1.81 bits per heavy atom. The molecule has 1 heterocycles. The Bertz CT molecular complexity index is 567. The molecule has 0 radical (unpaired) electrons. The van der Waals surface area contributed by atoms with Crippen molar-refractivity contribution in [2.24, 2.45) is 0 Å².